The smallest absolute Gasteiger partial charge is 0.317 e. The third-order valence-corrected chi connectivity index (χ3v) is 5.15. The second-order valence-electron chi connectivity index (χ2n) is 7.07. The van der Waals surface area contributed by atoms with Crippen LogP contribution in [0, 0.1) is 0 Å². The summed E-state index contributed by atoms with van der Waals surface area (Å²) >= 11 is 0. The van der Waals surface area contributed by atoms with Crippen LogP contribution in [0.1, 0.15) is 51.4 Å². The zero-order valence-corrected chi connectivity index (χ0v) is 15.5. The standard InChI is InChI=1S/C17H31N3O3.ClH/c1-19(13-17(22)23)15-8-10-20(11-9-15)12-16(21)18-14-6-4-2-3-5-7-14;/h14-15H,2-13H2,1H3,(H,18,21)(H,22,23);1H. The van der Waals surface area contributed by atoms with Crippen molar-refractivity contribution in [2.45, 2.75) is 63.5 Å². The molecule has 1 aliphatic heterocycles. The van der Waals surface area contributed by atoms with Crippen molar-refractivity contribution in [3.63, 3.8) is 0 Å². The molecule has 2 rings (SSSR count). The summed E-state index contributed by atoms with van der Waals surface area (Å²) in [4.78, 5) is 27.1. The second kappa shape index (κ2) is 10.9. The highest BCUT2D eigenvalue weighted by atomic mass is 35.5. The molecule has 2 aliphatic rings. The molecule has 0 aromatic carbocycles. The van der Waals surface area contributed by atoms with E-state index in [-0.39, 0.29) is 24.9 Å². The lowest BCUT2D eigenvalue weighted by Gasteiger charge is -2.36. The number of aliphatic carboxylic acids is 1. The first-order valence-corrected chi connectivity index (χ1v) is 8.98. The summed E-state index contributed by atoms with van der Waals surface area (Å²) in [5.74, 6) is -0.632. The van der Waals surface area contributed by atoms with E-state index in [1.54, 1.807) is 0 Å². The number of rotatable bonds is 6. The third kappa shape index (κ3) is 7.36. The van der Waals surface area contributed by atoms with Crippen molar-refractivity contribution in [2.24, 2.45) is 0 Å². The van der Waals surface area contributed by atoms with E-state index in [4.69, 9.17) is 5.11 Å². The summed E-state index contributed by atoms with van der Waals surface area (Å²) in [6.45, 7) is 2.30. The predicted molar refractivity (Wildman–Crippen MR) is 96.6 cm³/mol. The number of likely N-dealkylation sites (tertiary alicyclic amines) is 1. The van der Waals surface area contributed by atoms with Crippen LogP contribution in [-0.2, 0) is 9.59 Å². The van der Waals surface area contributed by atoms with Crippen molar-refractivity contribution >= 4 is 24.3 Å². The first-order chi connectivity index (χ1) is 11.0. The fourth-order valence-electron chi connectivity index (χ4n) is 3.76. The normalized spacial score (nSPS) is 21.1. The quantitative estimate of drug-likeness (QED) is 0.705. The molecule has 6 nitrogen and oxygen atoms in total. The number of carboxylic acids is 1. The number of hydrogen-bond donors (Lipinski definition) is 2. The minimum atomic E-state index is -0.780. The fourth-order valence-corrected chi connectivity index (χ4v) is 3.76. The molecule has 0 spiro atoms. The molecular formula is C17H32ClN3O3. The maximum absolute atomic E-state index is 12.2. The average Bonchev–Trinajstić information content (AvgIpc) is 2.75. The Hall–Kier alpha value is -0.850. The zero-order valence-electron chi connectivity index (χ0n) is 14.7. The molecule has 2 fully saturated rings. The van der Waals surface area contributed by atoms with E-state index >= 15 is 0 Å². The van der Waals surface area contributed by atoms with Gasteiger partial charge in [0.2, 0.25) is 5.91 Å². The topological polar surface area (TPSA) is 72.9 Å². The monoisotopic (exact) mass is 361 g/mol. The van der Waals surface area contributed by atoms with Crippen molar-refractivity contribution in [1.82, 2.24) is 15.1 Å². The molecule has 0 radical (unpaired) electrons. The Morgan fingerprint density at radius 1 is 1.08 bits per heavy atom. The zero-order chi connectivity index (χ0) is 16.7. The van der Waals surface area contributed by atoms with E-state index in [9.17, 15) is 9.59 Å². The largest absolute Gasteiger partial charge is 0.480 e. The summed E-state index contributed by atoms with van der Waals surface area (Å²) in [6.07, 6.45) is 9.15. The van der Waals surface area contributed by atoms with Gasteiger partial charge >= 0.3 is 5.97 Å². The minimum Gasteiger partial charge on any atom is -0.480 e. The van der Waals surface area contributed by atoms with Crippen LogP contribution < -0.4 is 5.32 Å². The number of piperidine rings is 1. The van der Waals surface area contributed by atoms with Crippen molar-refractivity contribution < 1.29 is 14.7 Å². The number of halogens is 1. The molecule has 1 heterocycles. The van der Waals surface area contributed by atoms with Crippen LogP contribution in [0.2, 0.25) is 0 Å². The van der Waals surface area contributed by atoms with Gasteiger partial charge in [-0.05, 0) is 32.7 Å². The van der Waals surface area contributed by atoms with Gasteiger partial charge in [0.25, 0.3) is 0 Å². The number of nitrogens with one attached hydrogen (secondary N) is 1. The van der Waals surface area contributed by atoms with Gasteiger partial charge in [-0.25, -0.2) is 0 Å². The van der Waals surface area contributed by atoms with E-state index in [0.29, 0.717) is 18.6 Å². The number of hydrogen-bond acceptors (Lipinski definition) is 4. The maximum atomic E-state index is 12.2. The van der Waals surface area contributed by atoms with Crippen molar-refractivity contribution in [3.05, 3.63) is 0 Å². The van der Waals surface area contributed by atoms with Gasteiger partial charge < -0.3 is 10.4 Å². The summed E-state index contributed by atoms with van der Waals surface area (Å²) in [6, 6.07) is 0.677. The summed E-state index contributed by atoms with van der Waals surface area (Å²) in [5, 5.41) is 12.1. The first kappa shape index (κ1) is 21.2. The number of carboxylic acid groups (broad SMARTS) is 1. The molecule has 1 saturated heterocycles. The van der Waals surface area contributed by atoms with Gasteiger partial charge in [0.05, 0.1) is 13.1 Å². The van der Waals surface area contributed by atoms with E-state index in [0.717, 1.165) is 38.8 Å². The van der Waals surface area contributed by atoms with Gasteiger partial charge in [-0.1, -0.05) is 25.7 Å². The van der Waals surface area contributed by atoms with Crippen LogP contribution in [0.5, 0.6) is 0 Å². The third-order valence-electron chi connectivity index (χ3n) is 5.15. The van der Waals surface area contributed by atoms with Crippen LogP contribution >= 0.6 is 12.4 Å². The van der Waals surface area contributed by atoms with Crippen molar-refractivity contribution in [1.29, 1.82) is 0 Å². The Labute approximate surface area is 151 Å². The Morgan fingerprint density at radius 2 is 1.67 bits per heavy atom. The van der Waals surface area contributed by atoms with Crippen LogP contribution in [0.4, 0.5) is 0 Å². The number of nitrogens with zero attached hydrogens (tertiary/aromatic N) is 2. The predicted octanol–water partition coefficient (Wildman–Crippen LogP) is 1.73. The molecule has 0 atom stereocenters. The van der Waals surface area contributed by atoms with Crippen molar-refractivity contribution in [2.75, 3.05) is 33.2 Å². The number of likely N-dealkylation sites (N-methyl/N-ethyl adjacent to an activating group) is 1. The van der Waals surface area contributed by atoms with Gasteiger partial charge in [0.15, 0.2) is 0 Å². The molecule has 0 unspecified atom stereocenters. The van der Waals surface area contributed by atoms with Gasteiger partial charge in [0, 0.05) is 25.2 Å². The molecule has 7 heteroatoms. The molecule has 2 N–H and O–H groups in total. The molecule has 0 bridgehead atoms. The highest BCUT2D eigenvalue weighted by molar-refractivity contribution is 5.85. The Balaban J connectivity index is 0.00000288. The number of carbonyl (C=O) groups excluding carboxylic acids is 1. The highest BCUT2D eigenvalue weighted by Crippen LogP contribution is 2.18. The van der Waals surface area contributed by atoms with Crippen LogP contribution in [0.3, 0.4) is 0 Å². The molecule has 0 aromatic heterocycles. The molecule has 24 heavy (non-hydrogen) atoms. The molecule has 0 aromatic rings. The fraction of sp³-hybridized carbons (Fsp3) is 0.882. The molecular weight excluding hydrogens is 330 g/mol. The van der Waals surface area contributed by atoms with Gasteiger partial charge in [-0.3, -0.25) is 19.4 Å². The van der Waals surface area contributed by atoms with Gasteiger partial charge in [0.1, 0.15) is 0 Å². The van der Waals surface area contributed by atoms with E-state index in [1.807, 2.05) is 11.9 Å². The molecule has 1 saturated carbocycles. The Bertz CT molecular complexity index is 393. The van der Waals surface area contributed by atoms with Gasteiger partial charge in [-0.2, -0.15) is 0 Å². The molecule has 1 aliphatic carbocycles. The van der Waals surface area contributed by atoms with E-state index < -0.39 is 5.97 Å². The van der Waals surface area contributed by atoms with E-state index in [1.165, 1.54) is 25.7 Å². The summed E-state index contributed by atoms with van der Waals surface area (Å²) in [5.41, 5.74) is 0. The first-order valence-electron chi connectivity index (χ1n) is 8.98. The highest BCUT2D eigenvalue weighted by Gasteiger charge is 2.25. The lowest BCUT2D eigenvalue weighted by atomic mass is 10.0. The SMILES string of the molecule is CN(CC(=O)O)C1CCN(CC(=O)NC2CCCCCC2)CC1.Cl. The molecule has 140 valence electrons. The lowest BCUT2D eigenvalue weighted by molar-refractivity contribution is -0.138. The summed E-state index contributed by atoms with van der Waals surface area (Å²) < 4.78 is 0. The van der Waals surface area contributed by atoms with Crippen LogP contribution in [0.25, 0.3) is 0 Å². The average molecular weight is 362 g/mol. The minimum absolute atomic E-state index is 0. The lowest BCUT2D eigenvalue weighted by Crippen LogP contribution is -2.48. The number of carbonyl (C=O) groups is 2. The van der Waals surface area contributed by atoms with Crippen LogP contribution in [0.15, 0.2) is 0 Å². The number of amides is 1. The van der Waals surface area contributed by atoms with Gasteiger partial charge in [-0.15, -0.1) is 12.4 Å². The molecule has 1 amide bonds. The van der Waals surface area contributed by atoms with Crippen molar-refractivity contribution in [3.8, 4) is 0 Å². The summed E-state index contributed by atoms with van der Waals surface area (Å²) in [7, 11) is 1.87. The Morgan fingerprint density at radius 3 is 2.21 bits per heavy atom. The van der Waals surface area contributed by atoms with Crippen LogP contribution in [-0.4, -0.2) is 72.1 Å². The second-order valence-corrected chi connectivity index (χ2v) is 7.07. The van der Waals surface area contributed by atoms with E-state index in [2.05, 4.69) is 10.2 Å². The Kier molecular flexibility index (Phi) is 9.63. The maximum Gasteiger partial charge on any atom is 0.317 e.